The Morgan fingerprint density at radius 3 is 2.67 bits per heavy atom. The second-order valence-corrected chi connectivity index (χ2v) is 5.40. The molecule has 86 valence electrons. The van der Waals surface area contributed by atoms with Crippen molar-refractivity contribution < 1.29 is 0 Å². The van der Waals surface area contributed by atoms with Crippen LogP contribution in [0.2, 0.25) is 0 Å². The van der Waals surface area contributed by atoms with Gasteiger partial charge >= 0.3 is 0 Å². The highest BCUT2D eigenvalue weighted by Crippen LogP contribution is 2.25. The van der Waals surface area contributed by atoms with Crippen LogP contribution in [0, 0.1) is 10.2 Å². The van der Waals surface area contributed by atoms with Crippen molar-refractivity contribution in [1.82, 2.24) is 9.55 Å². The van der Waals surface area contributed by atoms with E-state index < -0.39 is 0 Å². The number of nitrogens with one attached hydrogen (secondary N) is 1. The van der Waals surface area contributed by atoms with Crippen molar-refractivity contribution in [1.29, 1.82) is 0 Å². The third-order valence-corrected chi connectivity index (χ3v) is 3.13. The minimum Gasteiger partial charge on any atom is -0.337 e. The number of H-pyrrole nitrogens is 1. The average molecular weight is 226 g/mol. The van der Waals surface area contributed by atoms with Crippen LogP contribution in [-0.4, -0.2) is 9.55 Å². The van der Waals surface area contributed by atoms with E-state index >= 15 is 0 Å². The van der Waals surface area contributed by atoms with Gasteiger partial charge in [-0.05, 0) is 24.1 Å². The van der Waals surface area contributed by atoms with E-state index in [0.717, 1.165) is 11.3 Å². The first kappa shape index (κ1) is 12.5. The average Bonchev–Trinajstić information content (AvgIpc) is 2.51. The number of nitrogens with zero attached hydrogens (tertiary/aromatic N) is 1. The Labute approximate surface area is 97.7 Å². The van der Waals surface area contributed by atoms with Crippen LogP contribution in [0.3, 0.4) is 0 Å². The Balaban J connectivity index is 2.49. The Hall–Kier alpha value is -0.570. The van der Waals surface area contributed by atoms with Gasteiger partial charge in [-0.15, -0.1) is 0 Å². The van der Waals surface area contributed by atoms with Crippen molar-refractivity contribution in [3.05, 3.63) is 17.2 Å². The van der Waals surface area contributed by atoms with Gasteiger partial charge in [0.2, 0.25) is 0 Å². The standard InChI is InChI=1S/C12H22N2S/c1-4-5-6-7-12(2,3)10-14-9-8-13-11(14)15/h8-9H,4-7,10H2,1-3H3,(H,13,15). The summed E-state index contributed by atoms with van der Waals surface area (Å²) in [5.74, 6) is 0. The van der Waals surface area contributed by atoms with E-state index in [1.165, 1.54) is 25.7 Å². The molecule has 0 bridgehead atoms. The van der Waals surface area contributed by atoms with Crippen molar-refractivity contribution in [2.45, 2.75) is 53.0 Å². The second kappa shape index (κ2) is 5.50. The fourth-order valence-electron chi connectivity index (χ4n) is 1.87. The van der Waals surface area contributed by atoms with Crippen LogP contribution in [0.5, 0.6) is 0 Å². The van der Waals surface area contributed by atoms with E-state index in [1.54, 1.807) is 0 Å². The normalized spacial score (nSPS) is 11.9. The van der Waals surface area contributed by atoms with Crippen LogP contribution in [0.1, 0.15) is 46.5 Å². The molecule has 0 aromatic carbocycles. The van der Waals surface area contributed by atoms with E-state index in [4.69, 9.17) is 12.2 Å². The van der Waals surface area contributed by atoms with Crippen molar-refractivity contribution >= 4 is 12.2 Å². The molecule has 0 radical (unpaired) electrons. The molecule has 1 rings (SSSR count). The summed E-state index contributed by atoms with van der Waals surface area (Å²) in [5.41, 5.74) is 0.343. The summed E-state index contributed by atoms with van der Waals surface area (Å²) >= 11 is 5.20. The third kappa shape index (κ3) is 4.20. The Kier molecular flexibility index (Phi) is 4.58. The van der Waals surface area contributed by atoms with Crippen LogP contribution >= 0.6 is 12.2 Å². The van der Waals surface area contributed by atoms with Gasteiger partial charge < -0.3 is 9.55 Å². The van der Waals surface area contributed by atoms with Crippen molar-refractivity contribution in [3.63, 3.8) is 0 Å². The smallest absolute Gasteiger partial charge is 0.177 e. The number of hydrogen-bond acceptors (Lipinski definition) is 1. The maximum absolute atomic E-state index is 5.20. The van der Waals surface area contributed by atoms with Crippen LogP contribution < -0.4 is 0 Å². The first-order valence-electron chi connectivity index (χ1n) is 5.79. The molecule has 0 aliphatic rings. The van der Waals surface area contributed by atoms with Crippen LogP contribution in [-0.2, 0) is 6.54 Å². The fourth-order valence-corrected chi connectivity index (χ4v) is 2.06. The topological polar surface area (TPSA) is 20.7 Å². The number of rotatable bonds is 6. The number of aromatic amines is 1. The van der Waals surface area contributed by atoms with Crippen molar-refractivity contribution in [2.75, 3.05) is 0 Å². The lowest BCUT2D eigenvalue weighted by molar-refractivity contribution is 0.270. The van der Waals surface area contributed by atoms with Gasteiger partial charge in [0.15, 0.2) is 4.77 Å². The van der Waals surface area contributed by atoms with E-state index in [-0.39, 0.29) is 0 Å². The molecular formula is C12H22N2S. The predicted molar refractivity (Wildman–Crippen MR) is 67.5 cm³/mol. The molecule has 0 saturated carbocycles. The van der Waals surface area contributed by atoms with Crippen LogP contribution in [0.4, 0.5) is 0 Å². The Bertz CT molecular complexity index is 335. The SMILES string of the molecule is CCCCCC(C)(C)Cn1cc[nH]c1=S. The minimum atomic E-state index is 0.343. The number of imidazole rings is 1. The lowest BCUT2D eigenvalue weighted by atomic mass is 9.87. The number of hydrogen-bond donors (Lipinski definition) is 1. The summed E-state index contributed by atoms with van der Waals surface area (Å²) in [4.78, 5) is 3.04. The zero-order chi connectivity index (χ0) is 11.3. The highest BCUT2D eigenvalue weighted by Gasteiger charge is 2.17. The molecule has 1 aromatic heterocycles. The zero-order valence-electron chi connectivity index (χ0n) is 10.0. The molecule has 0 amide bonds. The minimum absolute atomic E-state index is 0.343. The first-order valence-corrected chi connectivity index (χ1v) is 6.20. The molecule has 0 aliphatic carbocycles. The highest BCUT2D eigenvalue weighted by atomic mass is 32.1. The van der Waals surface area contributed by atoms with Gasteiger partial charge in [-0.3, -0.25) is 0 Å². The van der Waals surface area contributed by atoms with Gasteiger partial charge in [-0.1, -0.05) is 40.0 Å². The predicted octanol–water partition coefficient (Wildman–Crippen LogP) is 4.15. The van der Waals surface area contributed by atoms with E-state index in [0.29, 0.717) is 5.41 Å². The molecule has 0 unspecified atom stereocenters. The maximum Gasteiger partial charge on any atom is 0.177 e. The second-order valence-electron chi connectivity index (χ2n) is 5.01. The maximum atomic E-state index is 5.20. The van der Waals surface area contributed by atoms with Gasteiger partial charge in [0.1, 0.15) is 0 Å². The number of unbranched alkanes of at least 4 members (excludes halogenated alkanes) is 2. The summed E-state index contributed by atoms with van der Waals surface area (Å²) in [6.45, 7) is 7.89. The molecule has 0 saturated heterocycles. The van der Waals surface area contributed by atoms with Gasteiger partial charge in [0.25, 0.3) is 0 Å². The van der Waals surface area contributed by atoms with E-state index in [9.17, 15) is 0 Å². The molecule has 0 fully saturated rings. The summed E-state index contributed by atoms with van der Waals surface area (Å²) in [6, 6.07) is 0. The molecule has 1 N–H and O–H groups in total. The number of aromatic nitrogens is 2. The summed E-state index contributed by atoms with van der Waals surface area (Å²) in [5, 5.41) is 0. The summed E-state index contributed by atoms with van der Waals surface area (Å²) in [7, 11) is 0. The van der Waals surface area contributed by atoms with Gasteiger partial charge in [0, 0.05) is 18.9 Å². The molecule has 1 aromatic rings. The Morgan fingerprint density at radius 2 is 2.13 bits per heavy atom. The monoisotopic (exact) mass is 226 g/mol. The van der Waals surface area contributed by atoms with Crippen LogP contribution in [0.15, 0.2) is 12.4 Å². The molecular weight excluding hydrogens is 204 g/mol. The van der Waals surface area contributed by atoms with Crippen LogP contribution in [0.25, 0.3) is 0 Å². The molecule has 3 heteroatoms. The van der Waals surface area contributed by atoms with Gasteiger partial charge in [-0.2, -0.15) is 0 Å². The lowest BCUT2D eigenvalue weighted by Gasteiger charge is -2.24. The lowest BCUT2D eigenvalue weighted by Crippen LogP contribution is -2.19. The van der Waals surface area contributed by atoms with Crippen molar-refractivity contribution in [2.24, 2.45) is 5.41 Å². The van der Waals surface area contributed by atoms with E-state index in [1.807, 2.05) is 12.4 Å². The fraction of sp³-hybridized carbons (Fsp3) is 0.750. The molecule has 0 aliphatic heterocycles. The largest absolute Gasteiger partial charge is 0.337 e. The highest BCUT2D eigenvalue weighted by molar-refractivity contribution is 7.71. The van der Waals surface area contributed by atoms with Gasteiger partial charge in [0.05, 0.1) is 0 Å². The Morgan fingerprint density at radius 1 is 1.40 bits per heavy atom. The molecule has 2 nitrogen and oxygen atoms in total. The molecule has 0 spiro atoms. The molecule has 1 heterocycles. The van der Waals surface area contributed by atoms with Crippen molar-refractivity contribution in [3.8, 4) is 0 Å². The zero-order valence-corrected chi connectivity index (χ0v) is 10.9. The molecule has 0 atom stereocenters. The summed E-state index contributed by atoms with van der Waals surface area (Å²) < 4.78 is 2.96. The van der Waals surface area contributed by atoms with E-state index in [2.05, 4.69) is 30.3 Å². The van der Waals surface area contributed by atoms with Gasteiger partial charge in [-0.25, -0.2) is 0 Å². The first-order chi connectivity index (χ1) is 7.05. The third-order valence-electron chi connectivity index (χ3n) is 2.78. The quantitative estimate of drug-likeness (QED) is 0.571. The summed E-state index contributed by atoms with van der Waals surface area (Å²) in [6.07, 6.45) is 9.16. The molecule has 15 heavy (non-hydrogen) atoms.